The number of phosphoric ester groups is 4. The van der Waals surface area contributed by atoms with Crippen molar-refractivity contribution < 1.29 is 92.2 Å². The molecule has 0 aromatic rings. The lowest BCUT2D eigenvalue weighted by Crippen LogP contribution is -2.20. The predicted octanol–water partition coefficient (Wildman–Crippen LogP) is 2.53. The summed E-state index contributed by atoms with van der Waals surface area (Å²) in [5.41, 5.74) is 0. The first-order valence-corrected chi connectivity index (χ1v) is 21.1. The van der Waals surface area contributed by atoms with Crippen LogP contribution in [0.2, 0.25) is 0 Å². The van der Waals surface area contributed by atoms with E-state index < -0.39 is 37.2 Å². The van der Waals surface area contributed by atoms with Crippen molar-refractivity contribution in [2.75, 3.05) is 135 Å². The van der Waals surface area contributed by atoms with Crippen molar-refractivity contribution in [2.45, 2.75) is 19.3 Å². The van der Waals surface area contributed by atoms with Gasteiger partial charge < -0.3 is 43.1 Å². The Bertz CT molecular complexity index is 988. The monoisotopic (exact) mass is 800 g/mol. The topological polar surface area (TPSA) is 253 Å². The summed E-state index contributed by atoms with van der Waals surface area (Å²) < 4.78 is 118. The van der Waals surface area contributed by atoms with Crippen LogP contribution in [0.5, 0.6) is 0 Å². The Balaban J connectivity index is 4.39. The maximum Gasteiger partial charge on any atom is 0.474 e. The van der Waals surface area contributed by atoms with Gasteiger partial charge >= 0.3 is 23.5 Å². The van der Waals surface area contributed by atoms with Crippen LogP contribution < -0.4 is 10.2 Å². The lowest BCUT2D eigenvalue weighted by Gasteiger charge is -2.26. The van der Waals surface area contributed by atoms with Crippen LogP contribution in [0.15, 0.2) is 0 Å². The average Bonchev–Trinajstić information content (AvgIpc) is 3.08. The molecule has 21 nitrogen and oxygen atoms in total. The van der Waals surface area contributed by atoms with Gasteiger partial charge in [0.1, 0.15) is 0 Å². The van der Waals surface area contributed by atoms with Crippen LogP contribution in [0.4, 0.5) is 0 Å². The molecule has 49 heavy (non-hydrogen) atoms. The second-order valence-corrected chi connectivity index (χ2v) is 16.0. The molecule has 296 valence electrons. The van der Waals surface area contributed by atoms with E-state index in [0.29, 0.717) is 12.8 Å². The highest BCUT2D eigenvalue weighted by Gasteiger charge is 2.27. The Morgan fingerprint density at radius 3 is 1.45 bits per heavy atom. The van der Waals surface area contributed by atoms with Crippen LogP contribution in [0, 0.1) is 5.92 Å². The van der Waals surface area contributed by atoms with Crippen LogP contribution in [-0.4, -0.2) is 139 Å². The van der Waals surface area contributed by atoms with Gasteiger partial charge in [-0.3, -0.25) is 40.8 Å². The van der Waals surface area contributed by atoms with Crippen LogP contribution >= 0.6 is 31.3 Å². The molecule has 25 heteroatoms. The van der Waals surface area contributed by atoms with Crippen LogP contribution in [0.3, 0.4) is 0 Å². The largest absolute Gasteiger partial charge is 0.756 e. The molecule has 0 saturated heterocycles. The first kappa shape index (κ1) is 49.2. The molecule has 0 rings (SSSR count). The normalized spacial score (nSPS) is 16.6. The summed E-state index contributed by atoms with van der Waals surface area (Å²) >= 11 is 0. The fourth-order valence-electron chi connectivity index (χ4n) is 3.24. The molecule has 0 bridgehead atoms. The number of nitrogens with one attached hydrogen (secondary N) is 1. The highest BCUT2D eigenvalue weighted by molar-refractivity contribution is 7.48. The fourth-order valence-corrected chi connectivity index (χ4v) is 6.05. The molecular weight excluding hydrogens is 746 g/mol. The minimum absolute atomic E-state index is 0.0154. The van der Waals surface area contributed by atoms with Crippen LogP contribution in [-0.2, 0) is 82.4 Å². The zero-order valence-electron chi connectivity index (χ0n) is 28.8. The molecule has 0 heterocycles. The van der Waals surface area contributed by atoms with Crippen molar-refractivity contribution in [1.29, 1.82) is 0 Å². The molecule has 4 atom stereocenters. The van der Waals surface area contributed by atoms with E-state index in [1.165, 1.54) is 14.2 Å². The molecule has 0 aliphatic carbocycles. The zero-order valence-corrected chi connectivity index (χ0v) is 32.4. The third-order valence-electron chi connectivity index (χ3n) is 5.78. The first-order valence-electron chi connectivity index (χ1n) is 15.2. The van der Waals surface area contributed by atoms with Gasteiger partial charge in [0, 0.05) is 34.4 Å². The van der Waals surface area contributed by atoms with Gasteiger partial charge in [-0.05, 0) is 26.4 Å². The Morgan fingerprint density at radius 1 is 0.551 bits per heavy atom. The standard InChI is InChI=1S/C24H55NO20P4/c1-25-9-7-6-8-24(22-44-47(28,29)41-19-15-37-11-10-36-14-18-40-46(26,27)32-2)23-45-49(31,35-5)43-21-17-39-13-12-38-16-20-42-48(30,33-3)34-4/h24-25H,6-23H2,1-5H3,(H,26,27)(H,28,29)/p-1. The Kier molecular flexibility index (Phi) is 29.8. The molecular formula is C24H54NO20P4-. The summed E-state index contributed by atoms with van der Waals surface area (Å²) in [6.45, 7) is 0.363. The maximum absolute atomic E-state index is 12.9. The smallest absolute Gasteiger partial charge is 0.474 e. The highest BCUT2D eigenvalue weighted by atomic mass is 31.2. The van der Waals surface area contributed by atoms with Gasteiger partial charge in [0.15, 0.2) is 0 Å². The van der Waals surface area contributed by atoms with E-state index in [-0.39, 0.29) is 92.5 Å². The van der Waals surface area contributed by atoms with Gasteiger partial charge in [-0.15, -0.1) is 0 Å². The summed E-state index contributed by atoms with van der Waals surface area (Å²) in [5.74, 6) is -0.491. The zero-order chi connectivity index (χ0) is 36.9. The SMILES string of the molecule is CNCCCCC(COP(=O)([O-])OCCOCCOCCOP(=O)(O)OC)COP(=O)(OC)OCCOCCOCCOP(=O)(OC)OC. The molecule has 0 aliphatic heterocycles. The van der Waals surface area contributed by atoms with Crippen molar-refractivity contribution in [3.63, 3.8) is 0 Å². The Morgan fingerprint density at radius 2 is 0.980 bits per heavy atom. The molecule has 0 aromatic heterocycles. The van der Waals surface area contributed by atoms with E-state index in [4.69, 9.17) is 51.0 Å². The highest BCUT2D eigenvalue weighted by Crippen LogP contribution is 2.49. The van der Waals surface area contributed by atoms with Gasteiger partial charge in [0.05, 0.1) is 92.5 Å². The average molecular weight is 801 g/mol. The lowest BCUT2D eigenvalue weighted by atomic mass is 10.0. The Hall–Kier alpha value is 0.240. The van der Waals surface area contributed by atoms with Crippen molar-refractivity contribution in [1.82, 2.24) is 5.32 Å². The second-order valence-electron chi connectivity index (χ2n) is 9.38. The number of ether oxygens (including phenoxy) is 4. The van der Waals surface area contributed by atoms with E-state index in [2.05, 4.69) is 23.4 Å². The molecule has 0 radical (unpaired) electrons. The number of hydrogen-bond acceptors (Lipinski definition) is 20. The minimum atomic E-state index is -4.70. The van der Waals surface area contributed by atoms with Gasteiger partial charge in [0.25, 0.3) is 7.82 Å². The first-order chi connectivity index (χ1) is 23.3. The van der Waals surface area contributed by atoms with E-state index >= 15 is 0 Å². The van der Waals surface area contributed by atoms with Gasteiger partial charge in [-0.2, -0.15) is 0 Å². The predicted molar refractivity (Wildman–Crippen MR) is 171 cm³/mol. The summed E-state index contributed by atoms with van der Waals surface area (Å²) in [7, 11) is -9.89. The van der Waals surface area contributed by atoms with Gasteiger partial charge in [-0.25, -0.2) is 13.7 Å². The van der Waals surface area contributed by atoms with Crippen LogP contribution in [0.25, 0.3) is 0 Å². The summed E-state index contributed by atoms with van der Waals surface area (Å²) in [4.78, 5) is 21.4. The molecule has 0 saturated carbocycles. The molecule has 0 fully saturated rings. The lowest BCUT2D eigenvalue weighted by molar-refractivity contribution is -0.227. The van der Waals surface area contributed by atoms with E-state index in [9.17, 15) is 23.2 Å². The maximum atomic E-state index is 12.9. The quantitative estimate of drug-likeness (QED) is 0.0676. The number of unbranched alkanes of at least 4 members (excludes halogenated alkanes) is 1. The second kappa shape index (κ2) is 29.7. The van der Waals surface area contributed by atoms with Crippen molar-refractivity contribution >= 4 is 31.3 Å². The minimum Gasteiger partial charge on any atom is -0.756 e. The number of hydrogen-bond donors (Lipinski definition) is 2. The summed E-state index contributed by atoms with van der Waals surface area (Å²) in [6, 6.07) is 0. The van der Waals surface area contributed by atoms with Gasteiger partial charge in [0.2, 0.25) is 0 Å². The van der Waals surface area contributed by atoms with E-state index in [0.717, 1.165) is 27.2 Å². The van der Waals surface area contributed by atoms with Crippen molar-refractivity contribution in [3.8, 4) is 0 Å². The van der Waals surface area contributed by atoms with E-state index in [1.807, 2.05) is 7.05 Å². The third-order valence-corrected chi connectivity index (χ3v) is 10.5. The van der Waals surface area contributed by atoms with Crippen molar-refractivity contribution in [3.05, 3.63) is 0 Å². The molecule has 4 unspecified atom stereocenters. The van der Waals surface area contributed by atoms with Gasteiger partial charge in [-0.1, -0.05) is 6.42 Å². The molecule has 0 aliphatic rings. The Labute approximate surface area is 288 Å². The number of rotatable bonds is 37. The summed E-state index contributed by atoms with van der Waals surface area (Å²) in [6.07, 6.45) is 1.99. The van der Waals surface area contributed by atoms with Crippen molar-refractivity contribution in [2.24, 2.45) is 5.92 Å². The summed E-state index contributed by atoms with van der Waals surface area (Å²) in [5, 5.41) is 3.03. The molecule has 2 N–H and O–H groups in total. The number of phosphoric acid groups is 4. The third kappa shape index (κ3) is 28.4. The molecule has 0 aromatic carbocycles. The molecule has 0 amide bonds. The fraction of sp³-hybridized carbons (Fsp3) is 1.00. The molecule has 0 spiro atoms. The van der Waals surface area contributed by atoms with Crippen LogP contribution in [0.1, 0.15) is 19.3 Å². The van der Waals surface area contributed by atoms with E-state index in [1.54, 1.807) is 0 Å².